The third kappa shape index (κ3) is 4.22. The van der Waals surface area contributed by atoms with Crippen LogP contribution in [0.15, 0.2) is 18.2 Å². The molecule has 0 spiro atoms. The lowest BCUT2D eigenvalue weighted by Gasteiger charge is -2.33. The molecular weight excluding hydrogens is 238 g/mol. The fourth-order valence-electron chi connectivity index (χ4n) is 2.58. The number of aliphatic hydroxyl groups is 1. The van der Waals surface area contributed by atoms with Gasteiger partial charge in [-0.3, -0.25) is 4.90 Å². The van der Waals surface area contributed by atoms with Crippen LogP contribution in [0.1, 0.15) is 38.3 Å². The van der Waals surface area contributed by atoms with E-state index in [1.165, 1.54) is 11.1 Å². The predicted octanol–water partition coefficient (Wildman–Crippen LogP) is 2.60. The first kappa shape index (κ1) is 14.4. The van der Waals surface area contributed by atoms with Crippen LogP contribution in [0.25, 0.3) is 0 Å². The first-order valence-electron chi connectivity index (χ1n) is 7.17. The summed E-state index contributed by atoms with van der Waals surface area (Å²) >= 11 is 0. The van der Waals surface area contributed by atoms with Gasteiger partial charge in [0.2, 0.25) is 0 Å². The van der Waals surface area contributed by atoms with E-state index >= 15 is 0 Å². The molecule has 0 bridgehead atoms. The van der Waals surface area contributed by atoms with E-state index in [4.69, 9.17) is 4.74 Å². The summed E-state index contributed by atoms with van der Waals surface area (Å²) in [6.45, 7) is 9.28. The molecule has 106 valence electrons. The molecule has 1 aromatic rings. The lowest BCUT2D eigenvalue weighted by Crippen LogP contribution is -2.41. The topological polar surface area (TPSA) is 32.7 Å². The van der Waals surface area contributed by atoms with Crippen molar-refractivity contribution >= 4 is 0 Å². The number of fused-ring (bicyclic) bond motifs is 1. The van der Waals surface area contributed by atoms with Crippen molar-refractivity contribution < 1.29 is 9.84 Å². The number of rotatable bonds is 5. The molecule has 0 atom stereocenters. The fraction of sp³-hybridized carbons (Fsp3) is 0.625. The van der Waals surface area contributed by atoms with Crippen LogP contribution >= 0.6 is 0 Å². The summed E-state index contributed by atoms with van der Waals surface area (Å²) in [6.07, 6.45) is 2.07. The van der Waals surface area contributed by atoms with E-state index in [9.17, 15) is 5.11 Å². The van der Waals surface area contributed by atoms with Gasteiger partial charge in [0.25, 0.3) is 0 Å². The second kappa shape index (κ2) is 5.93. The first-order valence-corrected chi connectivity index (χ1v) is 7.17. The summed E-state index contributed by atoms with van der Waals surface area (Å²) < 4.78 is 5.68. The number of β-amino-alcohol motifs (C(OH)–C–C–N with tert-alkyl or cyclic N) is 1. The highest BCUT2D eigenvalue weighted by molar-refractivity contribution is 5.37. The number of nitrogens with zero attached hydrogens (tertiary/aromatic N) is 1. The minimum atomic E-state index is -0.623. The van der Waals surface area contributed by atoms with Gasteiger partial charge in [-0.25, -0.2) is 0 Å². The molecule has 0 radical (unpaired) electrons. The molecule has 0 fully saturated rings. The number of hydrogen-bond acceptors (Lipinski definition) is 3. The Morgan fingerprint density at radius 1 is 1.32 bits per heavy atom. The molecule has 3 heteroatoms. The molecule has 2 rings (SSSR count). The molecule has 0 aromatic heterocycles. The minimum Gasteiger partial charge on any atom is -0.494 e. The van der Waals surface area contributed by atoms with Crippen LogP contribution in [-0.4, -0.2) is 35.3 Å². The molecule has 1 aromatic carbocycles. The van der Waals surface area contributed by atoms with Gasteiger partial charge >= 0.3 is 0 Å². The van der Waals surface area contributed by atoms with Crippen LogP contribution < -0.4 is 4.74 Å². The Morgan fingerprint density at radius 3 is 2.79 bits per heavy atom. The van der Waals surface area contributed by atoms with Crippen molar-refractivity contribution in [2.24, 2.45) is 0 Å². The van der Waals surface area contributed by atoms with E-state index < -0.39 is 5.60 Å². The molecule has 0 amide bonds. The molecule has 1 aliphatic rings. The third-order valence-electron chi connectivity index (χ3n) is 3.35. The summed E-state index contributed by atoms with van der Waals surface area (Å²) in [5, 5.41) is 9.90. The second-order valence-electron chi connectivity index (χ2n) is 6.05. The Morgan fingerprint density at radius 2 is 2.11 bits per heavy atom. The van der Waals surface area contributed by atoms with E-state index in [1.807, 2.05) is 13.8 Å². The molecule has 0 aliphatic carbocycles. The van der Waals surface area contributed by atoms with Crippen LogP contribution in [0, 0.1) is 0 Å². The number of hydrogen-bond donors (Lipinski definition) is 1. The zero-order valence-corrected chi connectivity index (χ0v) is 12.3. The zero-order chi connectivity index (χ0) is 13.9. The molecule has 0 unspecified atom stereocenters. The lowest BCUT2D eigenvalue weighted by atomic mass is 9.98. The van der Waals surface area contributed by atoms with Gasteiger partial charge in [-0.2, -0.15) is 0 Å². The van der Waals surface area contributed by atoms with E-state index in [0.29, 0.717) is 0 Å². The number of ether oxygens (including phenoxy) is 1. The maximum absolute atomic E-state index is 9.90. The Bertz CT molecular complexity index is 423. The molecule has 3 nitrogen and oxygen atoms in total. The molecule has 0 saturated carbocycles. The SMILES string of the molecule is CCCOc1ccc2c(c1)CCN(CC(C)(C)O)C2. The average molecular weight is 263 g/mol. The average Bonchev–Trinajstić information content (AvgIpc) is 2.34. The summed E-state index contributed by atoms with van der Waals surface area (Å²) in [6, 6.07) is 6.39. The normalized spacial score (nSPS) is 16.2. The van der Waals surface area contributed by atoms with Crippen molar-refractivity contribution in [3.05, 3.63) is 29.3 Å². The van der Waals surface area contributed by atoms with Crippen molar-refractivity contribution in [2.45, 2.75) is 45.8 Å². The maximum Gasteiger partial charge on any atom is 0.119 e. The monoisotopic (exact) mass is 263 g/mol. The lowest BCUT2D eigenvalue weighted by molar-refractivity contribution is 0.0317. The quantitative estimate of drug-likeness (QED) is 0.886. The first-order chi connectivity index (χ1) is 8.98. The second-order valence-corrected chi connectivity index (χ2v) is 6.05. The van der Waals surface area contributed by atoms with Gasteiger partial charge in [0.05, 0.1) is 12.2 Å². The van der Waals surface area contributed by atoms with Crippen LogP contribution in [0.4, 0.5) is 0 Å². The van der Waals surface area contributed by atoms with E-state index in [-0.39, 0.29) is 0 Å². The van der Waals surface area contributed by atoms with Gasteiger partial charge in [-0.1, -0.05) is 13.0 Å². The van der Waals surface area contributed by atoms with Crippen molar-refractivity contribution in [3.8, 4) is 5.75 Å². The summed E-state index contributed by atoms with van der Waals surface area (Å²) in [5.74, 6) is 0.983. The van der Waals surface area contributed by atoms with E-state index in [2.05, 4.69) is 30.0 Å². The Labute approximate surface area is 116 Å². The van der Waals surface area contributed by atoms with Gasteiger partial charge in [-0.05, 0) is 49.9 Å². The molecule has 1 aliphatic heterocycles. The summed E-state index contributed by atoms with van der Waals surface area (Å²) in [4.78, 5) is 2.31. The van der Waals surface area contributed by atoms with Gasteiger partial charge in [0, 0.05) is 19.6 Å². The molecule has 0 saturated heterocycles. The van der Waals surface area contributed by atoms with Crippen LogP contribution in [0.5, 0.6) is 5.75 Å². The predicted molar refractivity (Wildman–Crippen MR) is 77.5 cm³/mol. The summed E-state index contributed by atoms with van der Waals surface area (Å²) in [7, 11) is 0. The van der Waals surface area contributed by atoms with E-state index in [0.717, 1.165) is 44.8 Å². The fourth-order valence-corrected chi connectivity index (χ4v) is 2.58. The van der Waals surface area contributed by atoms with Gasteiger partial charge in [-0.15, -0.1) is 0 Å². The molecular formula is C16H25NO2. The molecule has 1 N–H and O–H groups in total. The Hall–Kier alpha value is -1.06. The van der Waals surface area contributed by atoms with Gasteiger partial charge < -0.3 is 9.84 Å². The highest BCUT2D eigenvalue weighted by Gasteiger charge is 2.22. The van der Waals surface area contributed by atoms with E-state index in [1.54, 1.807) is 0 Å². The third-order valence-corrected chi connectivity index (χ3v) is 3.35. The highest BCUT2D eigenvalue weighted by Crippen LogP contribution is 2.24. The molecule has 19 heavy (non-hydrogen) atoms. The standard InChI is InChI=1S/C16H25NO2/c1-4-9-19-15-6-5-14-11-17(12-16(2,3)18)8-7-13(14)10-15/h5-6,10,18H,4,7-9,11-12H2,1-3H3. The van der Waals surface area contributed by atoms with Crippen molar-refractivity contribution in [2.75, 3.05) is 19.7 Å². The molecule has 1 heterocycles. The smallest absolute Gasteiger partial charge is 0.119 e. The largest absolute Gasteiger partial charge is 0.494 e. The van der Waals surface area contributed by atoms with Crippen molar-refractivity contribution in [1.29, 1.82) is 0 Å². The van der Waals surface area contributed by atoms with Crippen molar-refractivity contribution in [1.82, 2.24) is 4.90 Å². The van der Waals surface area contributed by atoms with Crippen molar-refractivity contribution in [3.63, 3.8) is 0 Å². The minimum absolute atomic E-state index is 0.623. The van der Waals surface area contributed by atoms with Crippen LogP contribution in [0.2, 0.25) is 0 Å². The number of benzene rings is 1. The Kier molecular flexibility index (Phi) is 4.48. The zero-order valence-electron chi connectivity index (χ0n) is 12.3. The van der Waals surface area contributed by atoms with Crippen LogP contribution in [-0.2, 0) is 13.0 Å². The van der Waals surface area contributed by atoms with Gasteiger partial charge in [0.1, 0.15) is 5.75 Å². The highest BCUT2D eigenvalue weighted by atomic mass is 16.5. The van der Waals surface area contributed by atoms with Crippen LogP contribution in [0.3, 0.4) is 0 Å². The van der Waals surface area contributed by atoms with Gasteiger partial charge in [0.15, 0.2) is 0 Å². The summed E-state index contributed by atoms with van der Waals surface area (Å²) in [5.41, 5.74) is 2.13. The maximum atomic E-state index is 9.90. The Balaban J connectivity index is 2.02.